The summed E-state index contributed by atoms with van der Waals surface area (Å²) in [6, 6.07) is 10.2. The molecule has 1 aliphatic heterocycles. The van der Waals surface area contributed by atoms with Gasteiger partial charge in [0.1, 0.15) is 11.6 Å². The van der Waals surface area contributed by atoms with Crippen LogP contribution < -0.4 is 15.0 Å². The molecule has 1 N–H and O–H groups in total. The van der Waals surface area contributed by atoms with E-state index in [0.29, 0.717) is 43.4 Å². The molecule has 1 saturated heterocycles. The number of benzene rings is 2. The molecule has 2 aromatic rings. The van der Waals surface area contributed by atoms with Gasteiger partial charge in [-0.15, -0.1) is 0 Å². The van der Waals surface area contributed by atoms with Crippen LogP contribution in [0.15, 0.2) is 47.4 Å². The topological polar surface area (TPSA) is 88.2 Å². The first-order chi connectivity index (χ1) is 16.1. The summed E-state index contributed by atoms with van der Waals surface area (Å²) < 4.78 is 52.1. The summed E-state index contributed by atoms with van der Waals surface area (Å²) in [5, 5.41) is 2.86. The Labute approximate surface area is 200 Å². The van der Waals surface area contributed by atoms with Crippen molar-refractivity contribution in [3.05, 3.63) is 48.3 Å². The van der Waals surface area contributed by atoms with E-state index in [2.05, 4.69) is 5.32 Å². The number of ether oxygens (including phenoxy) is 2. The van der Waals surface area contributed by atoms with Gasteiger partial charge in [-0.2, -0.15) is 4.31 Å². The summed E-state index contributed by atoms with van der Waals surface area (Å²) in [4.78, 5) is 15.3. The molecule has 0 unspecified atom stereocenters. The third-order valence-corrected chi connectivity index (χ3v) is 7.56. The van der Waals surface area contributed by atoms with Gasteiger partial charge in [-0.1, -0.05) is 0 Å². The minimum atomic E-state index is -3.75. The molecule has 3 rings (SSSR count). The van der Waals surface area contributed by atoms with E-state index in [-0.39, 0.29) is 18.0 Å². The number of morpholine rings is 1. The van der Waals surface area contributed by atoms with Gasteiger partial charge in [-0.3, -0.25) is 4.79 Å². The molecule has 1 aliphatic rings. The lowest BCUT2D eigenvalue weighted by Gasteiger charge is -2.29. The second kappa shape index (κ2) is 10.7. The minimum absolute atomic E-state index is 0.0952. The van der Waals surface area contributed by atoms with Crippen LogP contribution in [-0.4, -0.2) is 63.6 Å². The van der Waals surface area contributed by atoms with Crippen LogP contribution in [-0.2, 0) is 19.6 Å². The van der Waals surface area contributed by atoms with Crippen LogP contribution in [0, 0.1) is 5.82 Å². The summed E-state index contributed by atoms with van der Waals surface area (Å²) in [7, 11) is -3.75. The quantitative estimate of drug-likeness (QED) is 0.575. The SMILES string of the molecule is CCN(CC)c1ccc(S(=O)(=O)N2CCOCC2)cc1NC(=O)C(C)(C)Oc1ccc(F)cc1. The normalized spacial score (nSPS) is 15.1. The van der Waals surface area contributed by atoms with E-state index in [9.17, 15) is 17.6 Å². The second-order valence-electron chi connectivity index (χ2n) is 8.39. The van der Waals surface area contributed by atoms with Crippen molar-refractivity contribution in [3.63, 3.8) is 0 Å². The van der Waals surface area contributed by atoms with Gasteiger partial charge in [0, 0.05) is 26.2 Å². The fraction of sp³-hybridized carbons (Fsp3) is 0.458. The second-order valence-corrected chi connectivity index (χ2v) is 10.3. The molecule has 0 bridgehead atoms. The van der Waals surface area contributed by atoms with Gasteiger partial charge in [0.2, 0.25) is 10.0 Å². The van der Waals surface area contributed by atoms with Crippen molar-refractivity contribution in [3.8, 4) is 5.75 Å². The van der Waals surface area contributed by atoms with Crippen molar-refractivity contribution >= 4 is 27.3 Å². The summed E-state index contributed by atoms with van der Waals surface area (Å²) >= 11 is 0. The number of hydrogen-bond donors (Lipinski definition) is 1. The van der Waals surface area contributed by atoms with Gasteiger partial charge in [0.25, 0.3) is 5.91 Å². The van der Waals surface area contributed by atoms with E-state index in [0.717, 1.165) is 0 Å². The van der Waals surface area contributed by atoms with Crippen molar-refractivity contribution in [2.75, 3.05) is 49.6 Å². The highest BCUT2D eigenvalue weighted by Gasteiger charge is 2.32. The van der Waals surface area contributed by atoms with Gasteiger partial charge >= 0.3 is 0 Å². The Morgan fingerprint density at radius 3 is 2.32 bits per heavy atom. The van der Waals surface area contributed by atoms with Crippen molar-refractivity contribution in [1.29, 1.82) is 0 Å². The third-order valence-electron chi connectivity index (χ3n) is 5.66. The van der Waals surface area contributed by atoms with Crippen molar-refractivity contribution in [1.82, 2.24) is 4.31 Å². The number of rotatable bonds is 9. The largest absolute Gasteiger partial charge is 0.478 e. The Morgan fingerprint density at radius 1 is 1.12 bits per heavy atom. The maximum atomic E-state index is 13.2. The number of nitrogens with one attached hydrogen (secondary N) is 1. The fourth-order valence-corrected chi connectivity index (χ4v) is 5.10. The number of nitrogens with zero attached hydrogens (tertiary/aromatic N) is 2. The molecular formula is C24H32FN3O5S. The summed E-state index contributed by atoms with van der Waals surface area (Å²) in [6.45, 7) is 9.73. The number of hydrogen-bond acceptors (Lipinski definition) is 6. The third kappa shape index (κ3) is 5.86. The predicted octanol–water partition coefficient (Wildman–Crippen LogP) is 3.49. The van der Waals surface area contributed by atoms with Crippen molar-refractivity contribution in [2.24, 2.45) is 0 Å². The average molecular weight is 494 g/mol. The lowest BCUT2D eigenvalue weighted by Crippen LogP contribution is -2.43. The molecule has 0 aliphatic carbocycles. The van der Waals surface area contributed by atoms with E-state index in [1.54, 1.807) is 26.0 Å². The molecular weight excluding hydrogens is 461 g/mol. The highest BCUT2D eigenvalue weighted by Crippen LogP contribution is 2.32. The van der Waals surface area contributed by atoms with Crippen LogP contribution in [0.4, 0.5) is 15.8 Å². The van der Waals surface area contributed by atoms with Gasteiger partial charge in [0.15, 0.2) is 5.60 Å². The zero-order valence-corrected chi connectivity index (χ0v) is 20.8. The molecule has 0 radical (unpaired) electrons. The van der Waals surface area contributed by atoms with Crippen LogP contribution in [0.25, 0.3) is 0 Å². The predicted molar refractivity (Wildman–Crippen MR) is 129 cm³/mol. The standard InChI is InChI=1S/C24H32FN3O5S/c1-5-27(6-2)22-12-11-20(34(30,31)28-13-15-32-16-14-28)17-21(22)26-23(29)24(3,4)33-19-9-7-18(25)8-10-19/h7-12,17H,5-6,13-16H2,1-4H3,(H,26,29). The number of amides is 1. The zero-order valence-electron chi connectivity index (χ0n) is 20.0. The van der Waals surface area contributed by atoms with Crippen LogP contribution in [0.5, 0.6) is 5.75 Å². The first kappa shape index (κ1) is 25.9. The summed E-state index contributed by atoms with van der Waals surface area (Å²) in [6.07, 6.45) is 0. The Bertz CT molecular complexity index is 1100. The Kier molecular flexibility index (Phi) is 8.17. The van der Waals surface area contributed by atoms with E-state index >= 15 is 0 Å². The highest BCUT2D eigenvalue weighted by atomic mass is 32.2. The van der Waals surface area contributed by atoms with Gasteiger partial charge in [-0.05, 0) is 70.2 Å². The maximum Gasteiger partial charge on any atom is 0.268 e. The average Bonchev–Trinajstić information content (AvgIpc) is 2.82. The monoisotopic (exact) mass is 493 g/mol. The number of carbonyl (C=O) groups excluding carboxylic acids is 1. The zero-order chi connectivity index (χ0) is 24.9. The first-order valence-corrected chi connectivity index (χ1v) is 12.8. The van der Waals surface area contributed by atoms with Crippen LogP contribution in [0.3, 0.4) is 0 Å². The lowest BCUT2D eigenvalue weighted by molar-refractivity contribution is -0.128. The number of halogens is 1. The van der Waals surface area contributed by atoms with E-state index in [1.807, 2.05) is 18.7 Å². The summed E-state index contributed by atoms with van der Waals surface area (Å²) in [5.74, 6) is -0.530. The minimum Gasteiger partial charge on any atom is -0.478 e. The van der Waals surface area contributed by atoms with Crippen LogP contribution in [0.1, 0.15) is 27.7 Å². The lowest BCUT2D eigenvalue weighted by atomic mass is 10.1. The van der Waals surface area contributed by atoms with Crippen LogP contribution in [0.2, 0.25) is 0 Å². The highest BCUT2D eigenvalue weighted by molar-refractivity contribution is 7.89. The number of anilines is 2. The smallest absolute Gasteiger partial charge is 0.268 e. The molecule has 8 nitrogen and oxygen atoms in total. The molecule has 0 atom stereocenters. The molecule has 1 heterocycles. The summed E-state index contributed by atoms with van der Waals surface area (Å²) in [5.41, 5.74) is -0.229. The fourth-order valence-electron chi connectivity index (χ4n) is 3.67. The maximum absolute atomic E-state index is 13.2. The van der Waals surface area contributed by atoms with Gasteiger partial charge < -0.3 is 19.7 Å². The molecule has 2 aromatic carbocycles. The van der Waals surface area contributed by atoms with E-state index < -0.39 is 27.3 Å². The number of carbonyl (C=O) groups is 1. The first-order valence-electron chi connectivity index (χ1n) is 11.3. The molecule has 10 heteroatoms. The molecule has 0 aromatic heterocycles. The van der Waals surface area contributed by atoms with Gasteiger partial charge in [-0.25, -0.2) is 12.8 Å². The molecule has 34 heavy (non-hydrogen) atoms. The molecule has 0 spiro atoms. The van der Waals surface area contributed by atoms with Crippen LogP contribution >= 0.6 is 0 Å². The van der Waals surface area contributed by atoms with Crippen molar-refractivity contribution in [2.45, 2.75) is 38.2 Å². The Hall–Kier alpha value is -2.69. The van der Waals surface area contributed by atoms with Crippen molar-refractivity contribution < 1.29 is 27.1 Å². The van der Waals surface area contributed by atoms with E-state index in [4.69, 9.17) is 9.47 Å². The Balaban J connectivity index is 1.92. The molecule has 0 saturated carbocycles. The molecule has 1 amide bonds. The molecule has 186 valence electrons. The number of sulfonamides is 1. The Morgan fingerprint density at radius 2 is 1.74 bits per heavy atom. The van der Waals surface area contributed by atoms with Gasteiger partial charge in [0.05, 0.1) is 29.5 Å². The van der Waals surface area contributed by atoms with E-state index in [1.165, 1.54) is 34.6 Å². The molecule has 1 fully saturated rings.